The fraction of sp³-hybridized carbons (Fsp3) is 0.700. The van der Waals surface area contributed by atoms with Crippen LogP contribution < -0.4 is 16.0 Å². The summed E-state index contributed by atoms with van der Waals surface area (Å²) in [5, 5.41) is 3.41. The number of anilines is 1. The van der Waals surface area contributed by atoms with Crippen LogP contribution >= 0.6 is 0 Å². The Kier molecular flexibility index (Phi) is 8.03. The van der Waals surface area contributed by atoms with E-state index >= 15 is 0 Å². The average Bonchev–Trinajstić information content (AvgIpc) is 2.74. The molecule has 0 aliphatic carbocycles. The summed E-state index contributed by atoms with van der Waals surface area (Å²) in [5.41, 5.74) is 5.39. The van der Waals surface area contributed by atoms with Crippen LogP contribution in [-0.4, -0.2) is 90.5 Å². The van der Waals surface area contributed by atoms with Crippen LogP contribution in [0.25, 0.3) is 0 Å². The highest BCUT2D eigenvalue weighted by molar-refractivity contribution is 5.80. The molecule has 9 heteroatoms. The molecule has 2 fully saturated rings. The van der Waals surface area contributed by atoms with Crippen molar-refractivity contribution in [3.63, 3.8) is 0 Å². The quantitative estimate of drug-likeness (QED) is 0.494. The van der Waals surface area contributed by atoms with Crippen LogP contribution in [0.15, 0.2) is 23.5 Å². The van der Waals surface area contributed by atoms with Gasteiger partial charge in [-0.25, -0.2) is 9.97 Å². The van der Waals surface area contributed by atoms with Crippen molar-refractivity contribution < 1.29 is 4.79 Å². The van der Waals surface area contributed by atoms with Crippen LogP contribution in [0.1, 0.15) is 26.2 Å². The predicted molar refractivity (Wildman–Crippen MR) is 115 cm³/mol. The number of piperidine rings is 1. The number of nitrogens with zero attached hydrogens (tertiary/aromatic N) is 6. The van der Waals surface area contributed by atoms with E-state index in [0.717, 1.165) is 83.7 Å². The summed E-state index contributed by atoms with van der Waals surface area (Å²) in [5.74, 6) is 1.89. The Morgan fingerprint density at radius 3 is 2.69 bits per heavy atom. The summed E-state index contributed by atoms with van der Waals surface area (Å²) in [6.45, 7) is 10.3. The second kappa shape index (κ2) is 10.9. The normalized spacial score (nSPS) is 21.3. The molecule has 0 aromatic carbocycles. The summed E-state index contributed by atoms with van der Waals surface area (Å²) in [6, 6.07) is 1.85. The van der Waals surface area contributed by atoms with Crippen LogP contribution in [0, 0.1) is 5.92 Å². The first-order chi connectivity index (χ1) is 14.2. The Balaban J connectivity index is 1.46. The fourth-order valence-electron chi connectivity index (χ4n) is 4.06. The number of amides is 1. The molecule has 0 radical (unpaired) electrons. The zero-order valence-corrected chi connectivity index (χ0v) is 17.5. The molecule has 1 aromatic heterocycles. The number of aliphatic imine (C=N–C) groups is 1. The number of hydrogen-bond donors (Lipinski definition) is 2. The van der Waals surface area contributed by atoms with E-state index in [4.69, 9.17) is 10.7 Å². The number of nitrogens with two attached hydrogens (primary N) is 1. The van der Waals surface area contributed by atoms with E-state index in [2.05, 4.69) is 36.9 Å². The Morgan fingerprint density at radius 2 is 2.00 bits per heavy atom. The van der Waals surface area contributed by atoms with Crippen LogP contribution in [-0.2, 0) is 4.79 Å². The number of likely N-dealkylation sites (tertiary alicyclic amines) is 1. The van der Waals surface area contributed by atoms with Gasteiger partial charge < -0.3 is 20.9 Å². The lowest BCUT2D eigenvalue weighted by Gasteiger charge is -2.35. The number of hydrogen-bond acceptors (Lipinski definition) is 6. The molecule has 9 nitrogen and oxygen atoms in total. The smallest absolute Gasteiger partial charge is 0.225 e. The minimum absolute atomic E-state index is 0.209. The van der Waals surface area contributed by atoms with Crippen LogP contribution in [0.5, 0.6) is 0 Å². The SMILES string of the molecule is CCNC(=NCCN1CCN(c2ncccn2)CC1)N1CCCC(CC(N)=O)C1. The summed E-state index contributed by atoms with van der Waals surface area (Å²) in [7, 11) is 0. The number of primary amides is 1. The molecule has 0 spiro atoms. The van der Waals surface area contributed by atoms with Crippen molar-refractivity contribution in [1.29, 1.82) is 0 Å². The predicted octanol–water partition coefficient (Wildman–Crippen LogP) is 0.152. The second-order valence-corrected chi connectivity index (χ2v) is 7.74. The van der Waals surface area contributed by atoms with E-state index in [1.165, 1.54) is 0 Å². The number of piperazine rings is 1. The minimum Gasteiger partial charge on any atom is -0.370 e. The minimum atomic E-state index is -0.209. The van der Waals surface area contributed by atoms with Gasteiger partial charge in [-0.1, -0.05) is 0 Å². The molecule has 1 aromatic rings. The molecule has 2 aliphatic heterocycles. The Bertz CT molecular complexity index is 660. The largest absolute Gasteiger partial charge is 0.370 e. The summed E-state index contributed by atoms with van der Waals surface area (Å²) >= 11 is 0. The first kappa shape index (κ1) is 21.3. The lowest BCUT2D eigenvalue weighted by molar-refractivity contribution is -0.119. The number of rotatable bonds is 7. The van der Waals surface area contributed by atoms with E-state index in [1.807, 2.05) is 6.07 Å². The van der Waals surface area contributed by atoms with E-state index in [9.17, 15) is 4.79 Å². The van der Waals surface area contributed by atoms with Gasteiger partial charge in [-0.2, -0.15) is 0 Å². The maximum atomic E-state index is 11.3. The van der Waals surface area contributed by atoms with Gasteiger partial charge >= 0.3 is 0 Å². The maximum Gasteiger partial charge on any atom is 0.225 e. The fourth-order valence-corrected chi connectivity index (χ4v) is 4.06. The molecule has 3 heterocycles. The van der Waals surface area contributed by atoms with Gasteiger partial charge in [-0.05, 0) is 31.7 Å². The van der Waals surface area contributed by atoms with Crippen LogP contribution in [0.3, 0.4) is 0 Å². The molecular formula is C20H34N8O. The molecule has 3 rings (SSSR count). The highest BCUT2D eigenvalue weighted by atomic mass is 16.1. The number of guanidine groups is 1. The average molecular weight is 403 g/mol. The number of aromatic nitrogens is 2. The maximum absolute atomic E-state index is 11.3. The summed E-state index contributed by atoms with van der Waals surface area (Å²) in [4.78, 5) is 31.8. The molecule has 2 aliphatic rings. The third-order valence-electron chi connectivity index (χ3n) is 5.53. The van der Waals surface area contributed by atoms with Gasteiger partial charge in [0.05, 0.1) is 6.54 Å². The molecular weight excluding hydrogens is 368 g/mol. The lowest BCUT2D eigenvalue weighted by Crippen LogP contribution is -2.49. The molecule has 0 saturated carbocycles. The van der Waals surface area contributed by atoms with Crippen molar-refractivity contribution in [3.8, 4) is 0 Å². The first-order valence-electron chi connectivity index (χ1n) is 10.7. The molecule has 160 valence electrons. The molecule has 0 bridgehead atoms. The molecule has 29 heavy (non-hydrogen) atoms. The first-order valence-corrected chi connectivity index (χ1v) is 10.7. The standard InChI is InChI=1S/C20H34N8O/c1-2-22-19(28-9-3-5-17(16-28)15-18(21)29)25-8-10-26-11-13-27(14-12-26)20-23-6-4-7-24-20/h4,6-7,17H,2-3,5,8-16H2,1H3,(H2,21,29)(H,22,25). The van der Waals surface area contributed by atoms with Crippen LogP contribution in [0.4, 0.5) is 5.95 Å². The van der Waals surface area contributed by atoms with E-state index in [0.29, 0.717) is 12.3 Å². The zero-order valence-electron chi connectivity index (χ0n) is 17.5. The zero-order chi connectivity index (χ0) is 20.5. The molecule has 2 saturated heterocycles. The van der Waals surface area contributed by atoms with Crippen molar-refractivity contribution in [2.45, 2.75) is 26.2 Å². The van der Waals surface area contributed by atoms with Gasteiger partial charge in [0.25, 0.3) is 0 Å². The third kappa shape index (κ3) is 6.56. The van der Waals surface area contributed by atoms with Gasteiger partial charge in [-0.3, -0.25) is 14.7 Å². The number of carbonyl (C=O) groups excluding carboxylic acids is 1. The van der Waals surface area contributed by atoms with Gasteiger partial charge in [0, 0.05) is 71.2 Å². The van der Waals surface area contributed by atoms with E-state index in [-0.39, 0.29) is 5.91 Å². The summed E-state index contributed by atoms with van der Waals surface area (Å²) in [6.07, 6.45) is 6.19. The van der Waals surface area contributed by atoms with Gasteiger partial charge in [-0.15, -0.1) is 0 Å². The van der Waals surface area contributed by atoms with Gasteiger partial charge in [0.15, 0.2) is 5.96 Å². The number of carbonyl (C=O) groups is 1. The molecule has 1 amide bonds. The topological polar surface area (TPSA) is 103 Å². The molecule has 1 atom stereocenters. The van der Waals surface area contributed by atoms with Crippen LogP contribution in [0.2, 0.25) is 0 Å². The Morgan fingerprint density at radius 1 is 1.24 bits per heavy atom. The van der Waals surface area contributed by atoms with Crippen molar-refractivity contribution >= 4 is 17.8 Å². The Hall–Kier alpha value is -2.42. The van der Waals surface area contributed by atoms with Crippen molar-refractivity contribution in [3.05, 3.63) is 18.5 Å². The number of nitrogens with one attached hydrogen (secondary N) is 1. The third-order valence-corrected chi connectivity index (χ3v) is 5.53. The summed E-state index contributed by atoms with van der Waals surface area (Å²) < 4.78 is 0. The van der Waals surface area contributed by atoms with Crippen molar-refractivity contribution in [2.24, 2.45) is 16.6 Å². The Labute approximate surface area is 173 Å². The van der Waals surface area contributed by atoms with Gasteiger partial charge in [0.1, 0.15) is 0 Å². The van der Waals surface area contributed by atoms with E-state index < -0.39 is 0 Å². The molecule has 3 N–H and O–H groups in total. The van der Waals surface area contributed by atoms with Crippen molar-refractivity contribution in [2.75, 3.05) is 63.8 Å². The lowest BCUT2D eigenvalue weighted by atomic mass is 9.95. The molecule has 1 unspecified atom stereocenters. The van der Waals surface area contributed by atoms with E-state index in [1.54, 1.807) is 12.4 Å². The highest BCUT2D eigenvalue weighted by Gasteiger charge is 2.24. The highest BCUT2D eigenvalue weighted by Crippen LogP contribution is 2.19. The monoisotopic (exact) mass is 402 g/mol. The van der Waals surface area contributed by atoms with Gasteiger partial charge in [0.2, 0.25) is 11.9 Å². The second-order valence-electron chi connectivity index (χ2n) is 7.74. The van der Waals surface area contributed by atoms with Crippen molar-refractivity contribution in [1.82, 2.24) is 25.1 Å².